The van der Waals surface area contributed by atoms with Gasteiger partial charge in [0.2, 0.25) is 5.16 Å². The van der Waals surface area contributed by atoms with Crippen molar-refractivity contribution in [1.82, 2.24) is 30.4 Å². The van der Waals surface area contributed by atoms with Crippen LogP contribution in [0.5, 0.6) is 0 Å². The van der Waals surface area contributed by atoms with Crippen LogP contribution in [0.25, 0.3) is 0 Å². The van der Waals surface area contributed by atoms with E-state index in [2.05, 4.69) is 20.8 Å². The number of tetrazole rings is 1. The maximum atomic E-state index is 12.8. The Kier molecular flexibility index (Phi) is 7.65. The van der Waals surface area contributed by atoms with E-state index < -0.39 is 51.2 Å². The Morgan fingerprint density at radius 3 is 2.67 bits per heavy atom. The molecule has 2 aliphatic heterocycles. The lowest BCUT2D eigenvalue weighted by atomic mass is 10.0. The van der Waals surface area contributed by atoms with Crippen molar-refractivity contribution in [2.75, 3.05) is 17.3 Å². The molecule has 2 aliphatic rings. The van der Waals surface area contributed by atoms with Crippen molar-refractivity contribution in [3.63, 3.8) is 0 Å². The van der Waals surface area contributed by atoms with Crippen LogP contribution in [0.4, 0.5) is 0 Å². The third-order valence-electron chi connectivity index (χ3n) is 5.35. The minimum atomic E-state index is -4.23. The SMILES string of the molecule is O=C(O)C1=C(CSc2nnnn2CCS(=O)(=O)O)CS[C@@H]2C(NC(=O)C(O)c3ccccc3)C(=O)N12. The van der Waals surface area contributed by atoms with Gasteiger partial charge in [-0.05, 0) is 21.6 Å². The average Bonchev–Trinajstić information content (AvgIpc) is 3.30. The van der Waals surface area contributed by atoms with E-state index in [0.29, 0.717) is 11.1 Å². The Balaban J connectivity index is 1.43. The highest BCUT2D eigenvalue weighted by Gasteiger charge is 2.54. The molecule has 1 fully saturated rings. The normalized spacial score (nSPS) is 20.5. The molecule has 0 saturated carbocycles. The summed E-state index contributed by atoms with van der Waals surface area (Å²) in [5.41, 5.74) is 0.571. The van der Waals surface area contributed by atoms with Crippen LogP contribution < -0.4 is 5.32 Å². The van der Waals surface area contributed by atoms with Crippen molar-refractivity contribution >= 4 is 51.4 Å². The molecule has 1 saturated heterocycles. The largest absolute Gasteiger partial charge is 0.477 e. The van der Waals surface area contributed by atoms with Crippen LogP contribution in [-0.4, -0.2) is 94.7 Å². The summed E-state index contributed by atoms with van der Waals surface area (Å²) in [6, 6.07) is 7.21. The van der Waals surface area contributed by atoms with E-state index in [0.717, 1.165) is 21.3 Å². The summed E-state index contributed by atoms with van der Waals surface area (Å²) >= 11 is 2.31. The molecule has 192 valence electrons. The van der Waals surface area contributed by atoms with Gasteiger partial charge in [0.05, 0.1) is 12.3 Å². The van der Waals surface area contributed by atoms with Gasteiger partial charge in [-0.1, -0.05) is 42.1 Å². The van der Waals surface area contributed by atoms with E-state index in [4.69, 9.17) is 4.55 Å². The second kappa shape index (κ2) is 10.6. The fraction of sp³-hybridized carbons (Fsp3) is 0.368. The first-order valence-corrected chi connectivity index (χ1v) is 14.0. The van der Waals surface area contributed by atoms with Gasteiger partial charge in [0.1, 0.15) is 17.1 Å². The third kappa shape index (κ3) is 5.54. The number of hydrogen-bond acceptors (Lipinski definition) is 11. The summed E-state index contributed by atoms with van der Waals surface area (Å²) in [6.07, 6.45) is -1.48. The number of nitrogens with one attached hydrogen (secondary N) is 1. The highest BCUT2D eigenvalue weighted by atomic mass is 32.2. The molecular formula is C19H20N6O8S3. The van der Waals surface area contributed by atoms with Gasteiger partial charge in [-0.3, -0.25) is 19.0 Å². The Morgan fingerprint density at radius 1 is 1.28 bits per heavy atom. The van der Waals surface area contributed by atoms with E-state index in [1.807, 2.05) is 0 Å². The van der Waals surface area contributed by atoms with Gasteiger partial charge in [0.15, 0.2) is 6.10 Å². The fourth-order valence-corrected chi connectivity index (χ4v) is 6.40. The van der Waals surface area contributed by atoms with Crippen molar-refractivity contribution < 1.29 is 37.6 Å². The Labute approximate surface area is 212 Å². The van der Waals surface area contributed by atoms with Crippen LogP contribution in [0.15, 0.2) is 46.8 Å². The Bertz CT molecular complexity index is 1320. The zero-order valence-corrected chi connectivity index (χ0v) is 20.7. The number of aliphatic hydroxyl groups excluding tert-OH is 1. The number of carboxylic acids is 1. The summed E-state index contributed by atoms with van der Waals surface area (Å²) < 4.78 is 32.0. The molecule has 0 spiro atoms. The molecule has 3 heterocycles. The van der Waals surface area contributed by atoms with Crippen LogP contribution >= 0.6 is 23.5 Å². The summed E-state index contributed by atoms with van der Waals surface area (Å²) in [7, 11) is -4.23. The number of amides is 2. The number of thioether (sulfide) groups is 2. The minimum absolute atomic E-state index is 0.0983. The monoisotopic (exact) mass is 556 g/mol. The zero-order chi connectivity index (χ0) is 26.0. The second-order valence-electron chi connectivity index (χ2n) is 7.73. The van der Waals surface area contributed by atoms with E-state index in [-0.39, 0.29) is 28.9 Å². The lowest BCUT2D eigenvalue weighted by Gasteiger charge is -2.49. The number of nitrogens with zero attached hydrogens (tertiary/aromatic N) is 5. The van der Waals surface area contributed by atoms with Gasteiger partial charge in [0.25, 0.3) is 21.9 Å². The number of hydrogen-bond donors (Lipinski definition) is 4. The fourth-order valence-electron chi connectivity index (χ4n) is 3.61. The first kappa shape index (κ1) is 26.1. The predicted molar refractivity (Wildman–Crippen MR) is 126 cm³/mol. The van der Waals surface area contributed by atoms with Crippen LogP contribution in [0.1, 0.15) is 11.7 Å². The lowest BCUT2D eigenvalue weighted by Crippen LogP contribution is -2.70. The molecule has 2 aromatic rings. The maximum absolute atomic E-state index is 12.8. The van der Waals surface area contributed by atoms with Crippen molar-refractivity contribution in [1.29, 1.82) is 0 Å². The molecule has 4 rings (SSSR count). The highest BCUT2D eigenvalue weighted by molar-refractivity contribution is 8.01. The number of carbonyl (C=O) groups is 3. The number of carbonyl (C=O) groups excluding carboxylic acids is 2. The molecular weight excluding hydrogens is 536 g/mol. The van der Waals surface area contributed by atoms with Crippen LogP contribution in [0.2, 0.25) is 0 Å². The van der Waals surface area contributed by atoms with E-state index in [9.17, 15) is 33.0 Å². The molecule has 2 unspecified atom stereocenters. The smallest absolute Gasteiger partial charge is 0.352 e. The van der Waals surface area contributed by atoms with Gasteiger partial charge >= 0.3 is 5.97 Å². The third-order valence-corrected chi connectivity index (χ3v) is 8.43. The van der Waals surface area contributed by atoms with Crippen LogP contribution in [0, 0.1) is 0 Å². The quantitative estimate of drug-likeness (QED) is 0.160. The lowest BCUT2D eigenvalue weighted by molar-refractivity contribution is -0.151. The number of carboxylic acid groups (broad SMARTS) is 1. The molecule has 17 heteroatoms. The predicted octanol–water partition coefficient (Wildman–Crippen LogP) is -0.875. The van der Waals surface area contributed by atoms with Gasteiger partial charge < -0.3 is 15.5 Å². The molecule has 36 heavy (non-hydrogen) atoms. The van der Waals surface area contributed by atoms with Crippen LogP contribution in [-0.2, 0) is 31.0 Å². The molecule has 2 amide bonds. The van der Waals surface area contributed by atoms with Gasteiger partial charge in [-0.25, -0.2) is 9.48 Å². The molecule has 14 nitrogen and oxygen atoms in total. The standard InChI is InChI=1S/C19H20N6O8S3/c26-14(10-4-2-1-3-5-10)15(27)20-12-16(28)25-13(18(29)30)11(8-34-17(12)25)9-35-19-21-22-23-24(19)6-7-36(31,32)33/h1-5,12,14,17,26H,6-9H2,(H,20,27)(H,29,30)(H,31,32,33)/t12?,14?,17-/m1/s1. The van der Waals surface area contributed by atoms with Crippen molar-refractivity contribution in [2.24, 2.45) is 0 Å². The number of β-lactam (4-membered cyclic amide) rings is 1. The topological polar surface area (TPSA) is 205 Å². The maximum Gasteiger partial charge on any atom is 0.352 e. The zero-order valence-electron chi connectivity index (χ0n) is 18.3. The van der Waals surface area contributed by atoms with Crippen molar-refractivity contribution in [3.8, 4) is 0 Å². The number of benzene rings is 1. The van der Waals surface area contributed by atoms with E-state index >= 15 is 0 Å². The molecule has 1 aromatic heterocycles. The highest BCUT2D eigenvalue weighted by Crippen LogP contribution is 2.41. The minimum Gasteiger partial charge on any atom is -0.477 e. The van der Waals surface area contributed by atoms with E-state index in [1.165, 1.54) is 11.8 Å². The number of aliphatic carboxylic acids is 1. The van der Waals surface area contributed by atoms with Gasteiger partial charge in [-0.2, -0.15) is 8.42 Å². The number of aliphatic hydroxyl groups is 1. The molecule has 0 aliphatic carbocycles. The van der Waals surface area contributed by atoms with Crippen molar-refractivity contribution in [2.45, 2.75) is 29.2 Å². The Morgan fingerprint density at radius 2 is 2.00 bits per heavy atom. The van der Waals surface area contributed by atoms with Crippen molar-refractivity contribution in [3.05, 3.63) is 47.2 Å². The molecule has 4 N–H and O–H groups in total. The number of aromatic nitrogens is 4. The average molecular weight is 557 g/mol. The first-order chi connectivity index (χ1) is 17.1. The second-order valence-corrected chi connectivity index (χ2v) is 11.3. The van der Waals surface area contributed by atoms with Crippen LogP contribution in [0.3, 0.4) is 0 Å². The summed E-state index contributed by atoms with van der Waals surface area (Å²) in [5, 5.41) is 33.0. The summed E-state index contributed by atoms with van der Waals surface area (Å²) in [5.74, 6) is -2.95. The number of rotatable bonds is 10. The first-order valence-electron chi connectivity index (χ1n) is 10.3. The van der Waals surface area contributed by atoms with Gasteiger partial charge in [0, 0.05) is 11.5 Å². The molecule has 0 radical (unpaired) electrons. The Hall–Kier alpha value is -2.99. The molecule has 1 aromatic carbocycles. The van der Waals surface area contributed by atoms with E-state index in [1.54, 1.807) is 30.3 Å². The molecule has 3 atom stereocenters. The summed E-state index contributed by atoms with van der Waals surface area (Å²) in [4.78, 5) is 38.4. The van der Waals surface area contributed by atoms with Gasteiger partial charge in [-0.15, -0.1) is 16.9 Å². The molecule has 0 bridgehead atoms. The number of aryl methyl sites for hydroxylation is 1. The summed E-state index contributed by atoms with van der Waals surface area (Å²) in [6.45, 7) is -0.198. The number of fused-ring (bicyclic) bond motifs is 1.